The normalized spacial score (nSPS) is 16.2. The first-order valence-electron chi connectivity index (χ1n) is 5.73. The van der Waals surface area contributed by atoms with E-state index in [2.05, 4.69) is 11.3 Å². The Labute approximate surface area is 106 Å². The zero-order chi connectivity index (χ0) is 12.3. The maximum atomic E-state index is 12.1. The average Bonchev–Trinajstić information content (AvgIpc) is 3.03. The molecule has 90 valence electrons. The Morgan fingerprint density at radius 2 is 2.47 bits per heavy atom. The number of nitrogens with zero attached hydrogens (tertiary/aromatic N) is 1. The number of rotatable bonds is 5. The number of terminal acetylenes is 1. The number of amides is 1. The lowest BCUT2D eigenvalue weighted by molar-refractivity contribution is -0.133. The molecule has 0 aliphatic heterocycles. The summed E-state index contributed by atoms with van der Waals surface area (Å²) in [4.78, 5) is 14.0. The van der Waals surface area contributed by atoms with E-state index < -0.39 is 6.04 Å². The molecule has 0 saturated heterocycles. The molecule has 1 unspecified atom stereocenters. The van der Waals surface area contributed by atoms with Gasteiger partial charge in [-0.1, -0.05) is 0 Å². The summed E-state index contributed by atoms with van der Waals surface area (Å²) in [6.07, 6.45) is 7.67. The second kappa shape index (κ2) is 5.35. The van der Waals surface area contributed by atoms with Crippen molar-refractivity contribution >= 4 is 17.2 Å². The van der Waals surface area contributed by atoms with Crippen molar-refractivity contribution in [2.75, 3.05) is 0 Å². The lowest BCUT2D eigenvalue weighted by atomic mass is 10.2. The van der Waals surface area contributed by atoms with Crippen LogP contribution in [0.25, 0.3) is 0 Å². The van der Waals surface area contributed by atoms with Crippen molar-refractivity contribution < 1.29 is 4.79 Å². The molecule has 2 rings (SSSR count). The highest BCUT2D eigenvalue weighted by Crippen LogP contribution is 2.29. The third kappa shape index (κ3) is 3.09. The highest BCUT2D eigenvalue weighted by Gasteiger charge is 2.34. The van der Waals surface area contributed by atoms with Crippen molar-refractivity contribution in [3.8, 4) is 12.3 Å². The molecule has 0 bridgehead atoms. The molecule has 1 aromatic rings. The SMILES string of the molecule is C#CCC(N)C(=O)N(Cc1ccsc1)C1CC1. The van der Waals surface area contributed by atoms with E-state index in [4.69, 9.17) is 12.2 Å². The van der Waals surface area contributed by atoms with Gasteiger partial charge in [-0.3, -0.25) is 4.79 Å². The fraction of sp³-hybridized carbons (Fsp3) is 0.462. The third-order valence-electron chi connectivity index (χ3n) is 2.86. The van der Waals surface area contributed by atoms with Gasteiger partial charge >= 0.3 is 0 Å². The Hall–Kier alpha value is -1.31. The molecule has 1 saturated carbocycles. The summed E-state index contributed by atoms with van der Waals surface area (Å²) in [6, 6.07) is 1.85. The number of carbonyl (C=O) groups excluding carboxylic acids is 1. The van der Waals surface area contributed by atoms with Gasteiger partial charge in [0, 0.05) is 19.0 Å². The lowest BCUT2D eigenvalue weighted by Gasteiger charge is -2.24. The predicted molar refractivity (Wildman–Crippen MR) is 69.3 cm³/mol. The first kappa shape index (κ1) is 12.2. The van der Waals surface area contributed by atoms with Crippen molar-refractivity contribution in [1.82, 2.24) is 4.90 Å². The largest absolute Gasteiger partial charge is 0.334 e. The number of hydrogen-bond donors (Lipinski definition) is 1. The van der Waals surface area contributed by atoms with E-state index in [1.54, 1.807) is 11.3 Å². The molecule has 1 aromatic heterocycles. The van der Waals surface area contributed by atoms with E-state index in [-0.39, 0.29) is 5.91 Å². The molecular formula is C13H16N2OS. The molecule has 1 fully saturated rings. The predicted octanol–water partition coefficient (Wildman–Crippen LogP) is 1.59. The molecular weight excluding hydrogens is 232 g/mol. The van der Waals surface area contributed by atoms with Gasteiger partial charge in [-0.05, 0) is 35.2 Å². The van der Waals surface area contributed by atoms with Crippen LogP contribution in [0.1, 0.15) is 24.8 Å². The molecule has 0 aromatic carbocycles. The van der Waals surface area contributed by atoms with Crippen LogP contribution in [-0.2, 0) is 11.3 Å². The highest BCUT2D eigenvalue weighted by molar-refractivity contribution is 7.07. The third-order valence-corrected chi connectivity index (χ3v) is 3.59. The minimum absolute atomic E-state index is 0.0170. The fourth-order valence-electron chi connectivity index (χ4n) is 1.78. The summed E-state index contributed by atoms with van der Waals surface area (Å²) >= 11 is 1.64. The average molecular weight is 248 g/mol. The number of thiophene rings is 1. The first-order chi connectivity index (χ1) is 8.22. The summed E-state index contributed by atoms with van der Waals surface area (Å²) < 4.78 is 0. The van der Waals surface area contributed by atoms with Crippen LogP contribution in [-0.4, -0.2) is 22.9 Å². The molecule has 1 atom stereocenters. The first-order valence-corrected chi connectivity index (χ1v) is 6.67. The molecule has 2 N–H and O–H groups in total. The summed E-state index contributed by atoms with van der Waals surface area (Å²) in [5, 5.41) is 4.08. The minimum atomic E-state index is -0.556. The van der Waals surface area contributed by atoms with Crippen LogP contribution < -0.4 is 5.73 Å². The van der Waals surface area contributed by atoms with Crippen LogP contribution in [0.15, 0.2) is 16.8 Å². The Morgan fingerprint density at radius 3 is 3.00 bits per heavy atom. The molecule has 1 aliphatic carbocycles. The Balaban J connectivity index is 2.02. The van der Waals surface area contributed by atoms with Crippen LogP contribution in [0.3, 0.4) is 0 Å². The van der Waals surface area contributed by atoms with Crippen molar-refractivity contribution in [1.29, 1.82) is 0 Å². The summed E-state index contributed by atoms with van der Waals surface area (Å²) in [6.45, 7) is 0.658. The molecule has 1 heterocycles. The molecule has 0 radical (unpaired) electrons. The fourth-order valence-corrected chi connectivity index (χ4v) is 2.44. The van der Waals surface area contributed by atoms with Gasteiger partial charge in [0.05, 0.1) is 6.04 Å². The van der Waals surface area contributed by atoms with E-state index in [0.29, 0.717) is 19.0 Å². The van der Waals surface area contributed by atoms with Gasteiger partial charge in [-0.2, -0.15) is 11.3 Å². The zero-order valence-corrected chi connectivity index (χ0v) is 10.5. The van der Waals surface area contributed by atoms with Gasteiger partial charge in [0.25, 0.3) is 0 Å². The van der Waals surface area contributed by atoms with Crippen LogP contribution in [0, 0.1) is 12.3 Å². The molecule has 0 spiro atoms. The summed E-state index contributed by atoms with van der Waals surface area (Å²) in [5.74, 6) is 2.43. The molecule has 1 aliphatic rings. The van der Waals surface area contributed by atoms with Crippen molar-refractivity contribution in [3.05, 3.63) is 22.4 Å². The van der Waals surface area contributed by atoms with Gasteiger partial charge in [-0.25, -0.2) is 0 Å². The smallest absolute Gasteiger partial charge is 0.241 e. The number of hydrogen-bond acceptors (Lipinski definition) is 3. The minimum Gasteiger partial charge on any atom is -0.334 e. The van der Waals surface area contributed by atoms with Gasteiger partial charge in [0.1, 0.15) is 0 Å². The zero-order valence-electron chi connectivity index (χ0n) is 9.63. The van der Waals surface area contributed by atoms with Gasteiger partial charge in [0.15, 0.2) is 0 Å². The van der Waals surface area contributed by atoms with E-state index in [1.165, 1.54) is 5.56 Å². The molecule has 17 heavy (non-hydrogen) atoms. The van der Waals surface area contributed by atoms with Gasteiger partial charge in [0.2, 0.25) is 5.91 Å². The summed E-state index contributed by atoms with van der Waals surface area (Å²) in [5.41, 5.74) is 6.96. The molecule has 1 amide bonds. The van der Waals surface area contributed by atoms with E-state index in [0.717, 1.165) is 12.8 Å². The van der Waals surface area contributed by atoms with Crippen LogP contribution in [0.2, 0.25) is 0 Å². The van der Waals surface area contributed by atoms with Gasteiger partial charge in [-0.15, -0.1) is 12.3 Å². The monoisotopic (exact) mass is 248 g/mol. The van der Waals surface area contributed by atoms with Crippen LogP contribution in [0.5, 0.6) is 0 Å². The highest BCUT2D eigenvalue weighted by atomic mass is 32.1. The Bertz CT molecular complexity index is 417. The molecule has 3 nitrogen and oxygen atoms in total. The topological polar surface area (TPSA) is 46.3 Å². The lowest BCUT2D eigenvalue weighted by Crippen LogP contribution is -2.44. The Morgan fingerprint density at radius 1 is 1.71 bits per heavy atom. The quantitative estimate of drug-likeness (QED) is 0.804. The van der Waals surface area contributed by atoms with Crippen molar-refractivity contribution in [2.24, 2.45) is 5.73 Å². The van der Waals surface area contributed by atoms with Crippen molar-refractivity contribution in [3.63, 3.8) is 0 Å². The van der Waals surface area contributed by atoms with E-state index in [1.807, 2.05) is 16.3 Å². The number of carbonyl (C=O) groups is 1. The van der Waals surface area contributed by atoms with Crippen molar-refractivity contribution in [2.45, 2.75) is 37.9 Å². The number of nitrogens with two attached hydrogens (primary N) is 1. The summed E-state index contributed by atoms with van der Waals surface area (Å²) in [7, 11) is 0. The van der Waals surface area contributed by atoms with Crippen LogP contribution >= 0.6 is 11.3 Å². The maximum absolute atomic E-state index is 12.1. The van der Waals surface area contributed by atoms with Gasteiger partial charge < -0.3 is 10.6 Å². The standard InChI is InChI=1S/C13H16N2OS/c1-2-3-12(14)13(16)15(11-4-5-11)8-10-6-7-17-9-10/h1,6-7,9,11-12H,3-5,8,14H2. The second-order valence-corrected chi connectivity index (χ2v) is 5.12. The maximum Gasteiger partial charge on any atom is 0.241 e. The second-order valence-electron chi connectivity index (χ2n) is 4.34. The van der Waals surface area contributed by atoms with E-state index in [9.17, 15) is 4.79 Å². The molecule has 4 heteroatoms. The van der Waals surface area contributed by atoms with Crippen LogP contribution in [0.4, 0.5) is 0 Å². The van der Waals surface area contributed by atoms with E-state index >= 15 is 0 Å². The Kier molecular flexibility index (Phi) is 3.82.